The smallest absolute Gasteiger partial charge is 0.270 e. The highest BCUT2D eigenvalue weighted by atomic mass is 32.1. The first-order chi connectivity index (χ1) is 13.7. The molecule has 3 rings (SSSR count). The highest BCUT2D eigenvalue weighted by molar-refractivity contribution is 7.15. The molecule has 148 valence electrons. The molecule has 29 heavy (non-hydrogen) atoms. The van der Waals surface area contributed by atoms with Crippen molar-refractivity contribution in [3.8, 4) is 16.5 Å². The molecule has 2 nitrogen and oxygen atoms in total. The fourth-order valence-corrected chi connectivity index (χ4v) is 4.53. The van der Waals surface area contributed by atoms with Gasteiger partial charge in [0.1, 0.15) is 6.29 Å². The number of aldehydes is 1. The zero-order chi connectivity index (χ0) is 21.2. The van der Waals surface area contributed by atoms with E-state index in [-0.39, 0.29) is 5.56 Å². The molecule has 5 heteroatoms. The first kappa shape index (κ1) is 20.9. The van der Waals surface area contributed by atoms with Crippen LogP contribution in [0.25, 0.3) is 10.4 Å². The van der Waals surface area contributed by atoms with Crippen LogP contribution in [0.2, 0.25) is 0 Å². The molecule has 0 saturated heterocycles. The standard InChI is InChI=1S/C24H21F2NOS/c1-23(2,20(15-28)17-7-9-19(10-8-17)24(3,25)26)22-12-11-21(29-22)18-6-4-5-16(13-18)14-27/h4-13,15,20H,1-3H3. The number of rotatable bonds is 6. The molecule has 1 unspecified atom stereocenters. The number of carbonyl (C=O) groups is 1. The molecular weight excluding hydrogens is 388 g/mol. The molecule has 0 aliphatic heterocycles. The Morgan fingerprint density at radius 1 is 1.03 bits per heavy atom. The minimum absolute atomic E-state index is 0.0699. The van der Waals surface area contributed by atoms with Gasteiger partial charge in [-0.15, -0.1) is 11.3 Å². The Morgan fingerprint density at radius 3 is 2.31 bits per heavy atom. The molecule has 0 aliphatic carbocycles. The fourth-order valence-electron chi connectivity index (χ4n) is 3.38. The average Bonchev–Trinajstić information content (AvgIpc) is 3.19. The van der Waals surface area contributed by atoms with Crippen LogP contribution in [0.15, 0.2) is 60.7 Å². The Labute approximate surface area is 173 Å². The van der Waals surface area contributed by atoms with E-state index < -0.39 is 17.3 Å². The van der Waals surface area contributed by atoms with Gasteiger partial charge in [0.15, 0.2) is 0 Å². The van der Waals surface area contributed by atoms with Crippen LogP contribution in [-0.4, -0.2) is 6.29 Å². The van der Waals surface area contributed by atoms with Crippen LogP contribution in [0.3, 0.4) is 0 Å². The lowest BCUT2D eigenvalue weighted by atomic mass is 9.74. The maximum atomic E-state index is 13.5. The van der Waals surface area contributed by atoms with Crippen molar-refractivity contribution in [1.29, 1.82) is 5.26 Å². The van der Waals surface area contributed by atoms with Gasteiger partial charge in [-0.1, -0.05) is 50.2 Å². The summed E-state index contributed by atoms with van der Waals surface area (Å²) in [6.07, 6.45) is 0.884. The predicted molar refractivity (Wildman–Crippen MR) is 112 cm³/mol. The second-order valence-electron chi connectivity index (χ2n) is 7.70. The third-order valence-corrected chi connectivity index (χ3v) is 6.68. The van der Waals surface area contributed by atoms with E-state index in [1.54, 1.807) is 29.5 Å². The average molecular weight is 410 g/mol. The SMILES string of the molecule is CC(F)(F)c1ccc(C(C=O)C(C)(C)c2ccc(-c3cccc(C#N)c3)s2)cc1. The summed E-state index contributed by atoms with van der Waals surface area (Å²) in [4.78, 5) is 14.0. The lowest BCUT2D eigenvalue weighted by Crippen LogP contribution is -2.27. The second-order valence-corrected chi connectivity index (χ2v) is 8.79. The second kappa shape index (κ2) is 7.88. The number of hydrogen-bond donors (Lipinski definition) is 0. The van der Waals surface area contributed by atoms with Gasteiger partial charge in [0.05, 0.1) is 11.6 Å². The number of carbonyl (C=O) groups excluding carboxylic acids is 1. The number of nitrogens with zero attached hydrogens (tertiary/aromatic N) is 1. The Morgan fingerprint density at radius 2 is 1.72 bits per heavy atom. The summed E-state index contributed by atoms with van der Waals surface area (Å²) in [5, 5.41) is 9.11. The van der Waals surface area contributed by atoms with E-state index in [2.05, 4.69) is 6.07 Å². The first-order valence-corrected chi connectivity index (χ1v) is 10.0. The van der Waals surface area contributed by atoms with Gasteiger partial charge in [-0.3, -0.25) is 0 Å². The van der Waals surface area contributed by atoms with Crippen molar-refractivity contribution in [1.82, 2.24) is 0 Å². The molecule has 2 aromatic carbocycles. The monoisotopic (exact) mass is 409 g/mol. The van der Waals surface area contributed by atoms with E-state index in [9.17, 15) is 13.6 Å². The number of hydrogen-bond acceptors (Lipinski definition) is 3. The van der Waals surface area contributed by atoms with Crippen LogP contribution in [-0.2, 0) is 16.1 Å². The molecular formula is C24H21F2NOS. The molecule has 0 spiro atoms. The topological polar surface area (TPSA) is 40.9 Å². The Kier molecular flexibility index (Phi) is 5.68. The highest BCUT2D eigenvalue weighted by Gasteiger charge is 2.34. The molecule has 3 aromatic rings. The van der Waals surface area contributed by atoms with Gasteiger partial charge in [0, 0.05) is 33.6 Å². The fraction of sp³-hybridized carbons (Fsp3) is 0.250. The molecule has 1 atom stereocenters. The van der Waals surface area contributed by atoms with Crippen LogP contribution in [0, 0.1) is 11.3 Å². The van der Waals surface area contributed by atoms with Crippen molar-refractivity contribution >= 4 is 17.6 Å². The summed E-state index contributed by atoms with van der Waals surface area (Å²) < 4.78 is 27.0. The summed E-state index contributed by atoms with van der Waals surface area (Å²) in [6, 6.07) is 19.5. The van der Waals surface area contributed by atoms with E-state index in [4.69, 9.17) is 5.26 Å². The van der Waals surface area contributed by atoms with Gasteiger partial charge >= 0.3 is 0 Å². The van der Waals surface area contributed by atoms with Crippen molar-refractivity contribution in [3.05, 3.63) is 82.2 Å². The van der Waals surface area contributed by atoms with Crippen LogP contribution >= 0.6 is 11.3 Å². The third kappa shape index (κ3) is 4.28. The minimum atomic E-state index is -2.91. The molecule has 1 aromatic heterocycles. The summed E-state index contributed by atoms with van der Waals surface area (Å²) in [7, 11) is 0. The van der Waals surface area contributed by atoms with Crippen LogP contribution in [0.5, 0.6) is 0 Å². The van der Waals surface area contributed by atoms with Gasteiger partial charge < -0.3 is 4.79 Å². The highest BCUT2D eigenvalue weighted by Crippen LogP contribution is 2.43. The molecule has 0 bridgehead atoms. The van der Waals surface area contributed by atoms with E-state index in [0.29, 0.717) is 11.1 Å². The van der Waals surface area contributed by atoms with Crippen molar-refractivity contribution in [2.75, 3.05) is 0 Å². The number of thiophene rings is 1. The van der Waals surface area contributed by atoms with Gasteiger partial charge in [0.25, 0.3) is 5.92 Å². The Balaban J connectivity index is 1.93. The summed E-state index contributed by atoms with van der Waals surface area (Å²) in [5.41, 5.74) is 1.66. The largest absolute Gasteiger partial charge is 0.303 e. The maximum absolute atomic E-state index is 13.5. The van der Waals surface area contributed by atoms with Gasteiger partial charge in [-0.2, -0.15) is 5.26 Å². The minimum Gasteiger partial charge on any atom is -0.303 e. The molecule has 0 radical (unpaired) electrons. The number of nitriles is 1. The van der Waals surface area contributed by atoms with Crippen molar-refractivity contribution in [2.24, 2.45) is 0 Å². The quantitative estimate of drug-likeness (QED) is 0.427. The van der Waals surface area contributed by atoms with Crippen LogP contribution < -0.4 is 0 Å². The van der Waals surface area contributed by atoms with Crippen molar-refractivity contribution < 1.29 is 13.6 Å². The Hall–Kier alpha value is -2.84. The summed E-state index contributed by atoms with van der Waals surface area (Å²) in [5.74, 6) is -3.38. The van der Waals surface area contributed by atoms with Gasteiger partial charge in [-0.25, -0.2) is 8.78 Å². The maximum Gasteiger partial charge on any atom is 0.270 e. The van der Waals surface area contributed by atoms with Gasteiger partial charge in [0.2, 0.25) is 0 Å². The van der Waals surface area contributed by atoms with Crippen LogP contribution in [0.4, 0.5) is 8.78 Å². The van der Waals surface area contributed by atoms with Crippen LogP contribution in [0.1, 0.15) is 48.3 Å². The molecule has 0 saturated carbocycles. The third-order valence-electron chi connectivity index (χ3n) is 5.21. The molecule has 0 fully saturated rings. The summed E-state index contributed by atoms with van der Waals surface area (Å²) in [6.45, 7) is 4.82. The summed E-state index contributed by atoms with van der Waals surface area (Å²) >= 11 is 1.57. The van der Waals surface area contributed by atoms with Gasteiger partial charge in [-0.05, 0) is 35.4 Å². The first-order valence-electron chi connectivity index (χ1n) is 9.21. The number of benzene rings is 2. The van der Waals surface area contributed by atoms with E-state index >= 15 is 0 Å². The zero-order valence-corrected chi connectivity index (χ0v) is 17.3. The van der Waals surface area contributed by atoms with E-state index in [1.807, 2.05) is 44.2 Å². The molecule has 0 aliphatic rings. The van der Waals surface area contributed by atoms with E-state index in [1.165, 1.54) is 12.1 Å². The Bertz CT molecular complexity index is 1060. The van der Waals surface area contributed by atoms with Crippen molar-refractivity contribution in [2.45, 2.75) is 38.0 Å². The number of halogens is 2. The zero-order valence-electron chi connectivity index (χ0n) is 16.4. The van der Waals surface area contributed by atoms with E-state index in [0.717, 1.165) is 28.5 Å². The number of alkyl halides is 2. The predicted octanol–water partition coefficient (Wildman–Crippen LogP) is 6.66. The lowest BCUT2D eigenvalue weighted by Gasteiger charge is -2.30. The normalized spacial score (nSPS) is 13.0. The lowest BCUT2D eigenvalue weighted by molar-refractivity contribution is -0.110. The molecule has 1 heterocycles. The molecule has 0 amide bonds. The van der Waals surface area contributed by atoms with Crippen molar-refractivity contribution in [3.63, 3.8) is 0 Å². The molecule has 0 N–H and O–H groups in total.